The van der Waals surface area contributed by atoms with Crippen molar-refractivity contribution in [1.82, 2.24) is 0 Å². The molecular weight excluding hydrogens is 283 g/mol. The largest absolute Gasteiger partial charge is 0.0801 e. The molecule has 22 heavy (non-hydrogen) atoms. The fourth-order valence-corrected chi connectivity index (χ4v) is 6.06. The molecule has 0 aromatic heterocycles. The summed E-state index contributed by atoms with van der Waals surface area (Å²) in [5.74, 6) is 0. The van der Waals surface area contributed by atoms with Crippen molar-refractivity contribution in [2.45, 2.75) is 34.1 Å². The first kappa shape index (κ1) is 15.3. The molecule has 0 nitrogen and oxygen atoms in total. The van der Waals surface area contributed by atoms with Gasteiger partial charge in [-0.1, -0.05) is 76.9 Å². The van der Waals surface area contributed by atoms with Crippen LogP contribution >= 0.6 is 7.92 Å². The summed E-state index contributed by atoms with van der Waals surface area (Å²) in [5, 5.41) is 4.52. The fraction of sp³-hybridized carbons (Fsp3) is 0.238. The lowest BCUT2D eigenvalue weighted by atomic mass is 10.2. The number of benzene rings is 2. The molecule has 0 atom stereocenters. The Bertz CT molecular complexity index is 673. The summed E-state index contributed by atoms with van der Waals surface area (Å²) in [6.07, 6.45) is 7.89. The molecule has 2 aromatic carbocycles. The van der Waals surface area contributed by atoms with Gasteiger partial charge in [-0.25, -0.2) is 0 Å². The van der Waals surface area contributed by atoms with Gasteiger partial charge in [-0.2, -0.15) is 0 Å². The van der Waals surface area contributed by atoms with Gasteiger partial charge >= 0.3 is 0 Å². The maximum Gasteiger partial charge on any atom is -0.00836 e. The van der Waals surface area contributed by atoms with Gasteiger partial charge in [0.25, 0.3) is 0 Å². The summed E-state index contributed by atoms with van der Waals surface area (Å²) in [6, 6.07) is 14.0. The Morgan fingerprint density at radius 3 is 1.50 bits per heavy atom. The molecule has 0 heterocycles. The maximum atomic E-state index is 2.37. The van der Waals surface area contributed by atoms with E-state index in [2.05, 4.69) is 82.3 Å². The molecule has 112 valence electrons. The van der Waals surface area contributed by atoms with Crippen LogP contribution < -0.4 is 10.6 Å². The van der Waals surface area contributed by atoms with Crippen LogP contribution in [0, 0.1) is 27.7 Å². The number of allylic oxidation sites excluding steroid dienone is 4. The highest BCUT2D eigenvalue weighted by Crippen LogP contribution is 2.46. The molecule has 0 radical (unpaired) electrons. The van der Waals surface area contributed by atoms with Gasteiger partial charge in [0.2, 0.25) is 0 Å². The maximum absolute atomic E-state index is 2.37. The minimum absolute atomic E-state index is 0.418. The topological polar surface area (TPSA) is 0 Å². The normalized spacial score (nSPS) is 13.8. The highest BCUT2D eigenvalue weighted by atomic mass is 31.1. The zero-order chi connectivity index (χ0) is 15.7. The van der Waals surface area contributed by atoms with E-state index in [1.54, 1.807) is 5.31 Å². The smallest absolute Gasteiger partial charge is 0.00836 e. The van der Waals surface area contributed by atoms with Crippen LogP contribution in [0.3, 0.4) is 0 Å². The highest BCUT2D eigenvalue weighted by molar-refractivity contribution is 7.76. The van der Waals surface area contributed by atoms with Crippen molar-refractivity contribution >= 4 is 18.5 Å². The molecule has 1 heteroatoms. The molecule has 0 aliphatic heterocycles. The summed E-state index contributed by atoms with van der Waals surface area (Å²) < 4.78 is 0. The van der Waals surface area contributed by atoms with Gasteiger partial charge < -0.3 is 0 Å². The lowest BCUT2D eigenvalue weighted by molar-refractivity contribution is 1.38. The molecule has 3 rings (SSSR count). The highest BCUT2D eigenvalue weighted by Gasteiger charge is 2.20. The van der Waals surface area contributed by atoms with Crippen LogP contribution in [0.4, 0.5) is 0 Å². The number of aryl methyl sites for hydroxylation is 4. The first-order valence-electron chi connectivity index (χ1n) is 7.85. The Hall–Kier alpha value is -1.65. The molecule has 0 amide bonds. The van der Waals surface area contributed by atoms with Crippen molar-refractivity contribution < 1.29 is 0 Å². The summed E-state index contributed by atoms with van der Waals surface area (Å²) in [4.78, 5) is 0. The number of hydrogen-bond acceptors (Lipinski definition) is 0. The van der Waals surface area contributed by atoms with E-state index in [4.69, 9.17) is 0 Å². The summed E-state index contributed by atoms with van der Waals surface area (Å²) in [7, 11) is -0.418. The summed E-state index contributed by atoms with van der Waals surface area (Å²) in [5.41, 5.74) is 5.44. The fourth-order valence-electron chi connectivity index (χ4n) is 3.24. The molecular formula is C21H23P. The Morgan fingerprint density at radius 2 is 1.14 bits per heavy atom. The molecule has 0 N–H and O–H groups in total. The van der Waals surface area contributed by atoms with Crippen molar-refractivity contribution in [2.24, 2.45) is 0 Å². The SMILES string of the molecule is Cc1cc(C)cc(P(C2=CC=CC2)c2cc(C)cc(C)c2)c1. The minimum atomic E-state index is -0.418. The van der Waals surface area contributed by atoms with E-state index in [9.17, 15) is 0 Å². The molecule has 0 fully saturated rings. The molecule has 0 unspecified atom stereocenters. The minimum Gasteiger partial charge on any atom is -0.0801 e. The zero-order valence-electron chi connectivity index (χ0n) is 13.9. The molecule has 1 aliphatic carbocycles. The van der Waals surface area contributed by atoms with Crippen molar-refractivity contribution in [1.29, 1.82) is 0 Å². The van der Waals surface area contributed by atoms with E-state index in [0.717, 1.165) is 6.42 Å². The first-order chi connectivity index (χ1) is 10.5. The van der Waals surface area contributed by atoms with Crippen LogP contribution in [0.15, 0.2) is 59.9 Å². The first-order valence-corrected chi connectivity index (χ1v) is 9.19. The van der Waals surface area contributed by atoms with Crippen LogP contribution in [-0.4, -0.2) is 0 Å². The van der Waals surface area contributed by atoms with Crippen molar-refractivity contribution in [3.05, 3.63) is 82.2 Å². The van der Waals surface area contributed by atoms with Gasteiger partial charge in [-0.15, -0.1) is 0 Å². The Morgan fingerprint density at radius 1 is 0.682 bits per heavy atom. The van der Waals surface area contributed by atoms with E-state index in [1.165, 1.54) is 32.9 Å². The van der Waals surface area contributed by atoms with E-state index in [1.807, 2.05) is 0 Å². The van der Waals surface area contributed by atoms with Crippen molar-refractivity contribution in [3.8, 4) is 0 Å². The Balaban J connectivity index is 2.15. The van der Waals surface area contributed by atoms with Gasteiger partial charge in [0.15, 0.2) is 0 Å². The van der Waals surface area contributed by atoms with E-state index < -0.39 is 7.92 Å². The molecule has 1 aliphatic rings. The van der Waals surface area contributed by atoms with Crippen LogP contribution in [0.25, 0.3) is 0 Å². The molecule has 0 saturated carbocycles. The summed E-state index contributed by atoms with van der Waals surface area (Å²) in [6.45, 7) is 8.80. The lowest BCUT2D eigenvalue weighted by Crippen LogP contribution is -2.14. The third kappa shape index (κ3) is 3.23. The number of hydrogen-bond donors (Lipinski definition) is 0. The zero-order valence-corrected chi connectivity index (χ0v) is 14.7. The van der Waals surface area contributed by atoms with Crippen LogP contribution in [0.2, 0.25) is 0 Å². The Kier molecular flexibility index (Phi) is 4.32. The Labute approximate surface area is 135 Å². The van der Waals surface area contributed by atoms with Crippen LogP contribution in [0.1, 0.15) is 28.7 Å². The third-order valence-corrected chi connectivity index (χ3v) is 6.42. The van der Waals surface area contributed by atoms with E-state index >= 15 is 0 Å². The average molecular weight is 306 g/mol. The van der Waals surface area contributed by atoms with E-state index in [0.29, 0.717) is 0 Å². The number of rotatable bonds is 3. The third-order valence-electron chi connectivity index (χ3n) is 3.97. The quantitative estimate of drug-likeness (QED) is 0.684. The summed E-state index contributed by atoms with van der Waals surface area (Å²) >= 11 is 0. The second kappa shape index (κ2) is 6.23. The second-order valence-electron chi connectivity index (χ2n) is 6.32. The van der Waals surface area contributed by atoms with E-state index in [-0.39, 0.29) is 0 Å². The van der Waals surface area contributed by atoms with Gasteiger partial charge in [0.05, 0.1) is 0 Å². The van der Waals surface area contributed by atoms with Gasteiger partial charge in [0, 0.05) is 0 Å². The van der Waals surface area contributed by atoms with Crippen molar-refractivity contribution in [2.75, 3.05) is 0 Å². The van der Waals surface area contributed by atoms with Gasteiger partial charge in [-0.05, 0) is 58.0 Å². The lowest BCUT2D eigenvalue weighted by Gasteiger charge is -2.22. The molecule has 0 bridgehead atoms. The van der Waals surface area contributed by atoms with Gasteiger partial charge in [-0.3, -0.25) is 0 Å². The van der Waals surface area contributed by atoms with Crippen LogP contribution in [0.5, 0.6) is 0 Å². The average Bonchev–Trinajstić information content (AvgIpc) is 2.90. The predicted molar refractivity (Wildman–Crippen MR) is 99.9 cm³/mol. The van der Waals surface area contributed by atoms with Crippen molar-refractivity contribution in [3.63, 3.8) is 0 Å². The predicted octanol–water partition coefficient (Wildman–Crippen LogP) is 5.20. The second-order valence-corrected chi connectivity index (χ2v) is 8.60. The molecule has 2 aromatic rings. The van der Waals surface area contributed by atoms with Gasteiger partial charge in [0.1, 0.15) is 0 Å². The monoisotopic (exact) mass is 306 g/mol. The molecule has 0 spiro atoms. The van der Waals surface area contributed by atoms with Crippen LogP contribution in [-0.2, 0) is 0 Å². The standard InChI is InChI=1S/C21H23P/c1-15-9-16(2)12-20(11-15)22(19-7-5-6-8-19)21-13-17(3)10-18(4)14-21/h5-7,9-14H,8H2,1-4H3. The molecule has 0 saturated heterocycles.